The number of nitrogens with one attached hydrogen (secondary N) is 2. The molecule has 0 bridgehead atoms. The van der Waals surface area contributed by atoms with E-state index in [0.29, 0.717) is 0 Å². The number of hydrogen-bond donors (Lipinski definition) is 2. The van der Waals surface area contributed by atoms with Crippen LogP contribution in [0.1, 0.15) is 11.6 Å². The minimum atomic E-state index is -0.191. The first kappa shape index (κ1) is 9.66. The van der Waals surface area contributed by atoms with E-state index in [1.54, 1.807) is 11.3 Å². The van der Waals surface area contributed by atoms with Crippen molar-refractivity contribution in [3.63, 3.8) is 0 Å². The molecule has 3 rings (SSSR count). The summed E-state index contributed by atoms with van der Waals surface area (Å²) in [4.78, 5) is 0. The minimum Gasteiger partial charge on any atom is -0.380 e. The molecule has 0 radical (unpaired) electrons. The van der Waals surface area contributed by atoms with Gasteiger partial charge in [-0.1, -0.05) is 12.1 Å². The van der Waals surface area contributed by atoms with Gasteiger partial charge < -0.3 is 10.6 Å². The highest BCUT2D eigenvalue weighted by atomic mass is 32.1. The second-order valence-corrected chi connectivity index (χ2v) is 4.57. The smallest absolute Gasteiger partial charge is 0.123 e. The Labute approximate surface area is 97.1 Å². The van der Waals surface area contributed by atoms with Crippen molar-refractivity contribution in [2.75, 3.05) is 17.2 Å². The molecule has 2 aromatic rings. The summed E-state index contributed by atoms with van der Waals surface area (Å²) in [6.07, 6.45) is 0. The Morgan fingerprint density at radius 2 is 1.88 bits per heavy atom. The lowest BCUT2D eigenvalue weighted by atomic mass is 10.0. The number of benzene rings is 1. The van der Waals surface area contributed by atoms with Crippen LogP contribution in [0.2, 0.25) is 0 Å². The van der Waals surface area contributed by atoms with Crippen LogP contribution in [0.25, 0.3) is 0 Å². The van der Waals surface area contributed by atoms with Gasteiger partial charge in [-0.25, -0.2) is 4.39 Å². The highest BCUT2D eigenvalue weighted by molar-refractivity contribution is 7.09. The van der Waals surface area contributed by atoms with Crippen molar-refractivity contribution >= 4 is 22.7 Å². The van der Waals surface area contributed by atoms with Gasteiger partial charge in [-0.2, -0.15) is 0 Å². The standard InChI is InChI=1S/C12H11FN2S/c13-9-3-1-8(2-4-9)10-5-14-11-6-16-7-12(11)15-10/h1-4,6-7,10,14-15H,5H2. The molecule has 1 aromatic carbocycles. The maximum atomic E-state index is 12.8. The summed E-state index contributed by atoms with van der Waals surface area (Å²) >= 11 is 1.67. The third kappa shape index (κ3) is 1.65. The molecule has 1 atom stereocenters. The average molecular weight is 234 g/mol. The van der Waals surface area contributed by atoms with E-state index < -0.39 is 0 Å². The van der Waals surface area contributed by atoms with Gasteiger partial charge in [0, 0.05) is 17.3 Å². The largest absolute Gasteiger partial charge is 0.380 e. The van der Waals surface area contributed by atoms with Gasteiger partial charge in [0.25, 0.3) is 0 Å². The molecule has 0 aliphatic carbocycles. The molecule has 0 saturated heterocycles. The summed E-state index contributed by atoms with van der Waals surface area (Å²) in [5, 5.41) is 11.0. The Hall–Kier alpha value is -1.55. The van der Waals surface area contributed by atoms with E-state index in [1.807, 2.05) is 12.1 Å². The molecule has 2 heterocycles. The van der Waals surface area contributed by atoms with Gasteiger partial charge in [0.1, 0.15) is 5.82 Å². The van der Waals surface area contributed by atoms with Crippen molar-refractivity contribution < 1.29 is 4.39 Å². The van der Waals surface area contributed by atoms with Crippen LogP contribution in [0.15, 0.2) is 35.0 Å². The lowest BCUT2D eigenvalue weighted by Crippen LogP contribution is -2.24. The summed E-state index contributed by atoms with van der Waals surface area (Å²) in [6, 6.07) is 6.86. The van der Waals surface area contributed by atoms with Gasteiger partial charge in [-0.15, -0.1) is 11.3 Å². The Bertz CT molecular complexity index is 492. The van der Waals surface area contributed by atoms with E-state index in [1.165, 1.54) is 12.1 Å². The molecule has 1 aliphatic heterocycles. The Balaban J connectivity index is 1.86. The highest BCUT2D eigenvalue weighted by Gasteiger charge is 2.18. The zero-order valence-corrected chi connectivity index (χ0v) is 9.35. The predicted molar refractivity (Wildman–Crippen MR) is 65.6 cm³/mol. The molecule has 1 unspecified atom stereocenters. The Morgan fingerprint density at radius 1 is 1.12 bits per heavy atom. The maximum Gasteiger partial charge on any atom is 0.123 e. The average Bonchev–Trinajstić information content (AvgIpc) is 2.77. The zero-order chi connectivity index (χ0) is 11.0. The maximum absolute atomic E-state index is 12.8. The van der Waals surface area contributed by atoms with Crippen molar-refractivity contribution in [1.82, 2.24) is 0 Å². The summed E-state index contributed by atoms with van der Waals surface area (Å²) in [5.41, 5.74) is 3.39. The fourth-order valence-electron chi connectivity index (χ4n) is 1.89. The second kappa shape index (κ2) is 3.79. The van der Waals surface area contributed by atoms with Crippen LogP contribution in [0.3, 0.4) is 0 Å². The van der Waals surface area contributed by atoms with Crippen LogP contribution >= 0.6 is 11.3 Å². The molecule has 0 fully saturated rings. The van der Waals surface area contributed by atoms with Crippen LogP contribution in [-0.4, -0.2) is 6.54 Å². The number of hydrogen-bond acceptors (Lipinski definition) is 3. The van der Waals surface area contributed by atoms with Crippen LogP contribution < -0.4 is 10.6 Å². The third-order valence-electron chi connectivity index (χ3n) is 2.76. The van der Waals surface area contributed by atoms with Gasteiger partial charge in [-0.05, 0) is 17.7 Å². The first-order chi connectivity index (χ1) is 7.83. The van der Waals surface area contributed by atoms with E-state index in [2.05, 4.69) is 21.4 Å². The molecular formula is C12H11FN2S. The van der Waals surface area contributed by atoms with Gasteiger partial charge >= 0.3 is 0 Å². The van der Waals surface area contributed by atoms with Crippen molar-refractivity contribution in [2.24, 2.45) is 0 Å². The predicted octanol–water partition coefficient (Wildman–Crippen LogP) is 3.47. The van der Waals surface area contributed by atoms with Crippen LogP contribution in [0.5, 0.6) is 0 Å². The number of halogens is 1. The number of thiophene rings is 1. The SMILES string of the molecule is Fc1ccc(C2CNc3cscc3N2)cc1. The first-order valence-electron chi connectivity index (χ1n) is 5.15. The number of rotatable bonds is 1. The van der Waals surface area contributed by atoms with Crippen molar-refractivity contribution in [3.8, 4) is 0 Å². The molecule has 2 nitrogen and oxygen atoms in total. The summed E-state index contributed by atoms with van der Waals surface area (Å²) in [7, 11) is 0. The molecule has 1 aromatic heterocycles. The third-order valence-corrected chi connectivity index (χ3v) is 3.50. The summed E-state index contributed by atoms with van der Waals surface area (Å²) in [5.74, 6) is -0.191. The molecule has 0 amide bonds. The van der Waals surface area contributed by atoms with Gasteiger partial charge in [0.2, 0.25) is 0 Å². The lowest BCUT2D eigenvalue weighted by molar-refractivity contribution is 0.626. The van der Waals surface area contributed by atoms with Crippen LogP contribution in [-0.2, 0) is 0 Å². The lowest BCUT2D eigenvalue weighted by Gasteiger charge is -2.26. The van der Waals surface area contributed by atoms with Crippen molar-refractivity contribution in [3.05, 3.63) is 46.4 Å². The van der Waals surface area contributed by atoms with Gasteiger partial charge in [0.05, 0.1) is 17.4 Å². The molecule has 4 heteroatoms. The summed E-state index contributed by atoms with van der Waals surface area (Å²) in [6.45, 7) is 0.829. The van der Waals surface area contributed by atoms with Crippen LogP contribution in [0.4, 0.5) is 15.8 Å². The normalized spacial score (nSPS) is 18.4. The van der Waals surface area contributed by atoms with E-state index in [-0.39, 0.29) is 11.9 Å². The molecule has 2 N–H and O–H groups in total. The van der Waals surface area contributed by atoms with Gasteiger partial charge in [0.15, 0.2) is 0 Å². The molecule has 0 spiro atoms. The van der Waals surface area contributed by atoms with Crippen molar-refractivity contribution in [2.45, 2.75) is 6.04 Å². The van der Waals surface area contributed by atoms with Crippen molar-refractivity contribution in [1.29, 1.82) is 0 Å². The van der Waals surface area contributed by atoms with E-state index in [0.717, 1.165) is 23.5 Å². The van der Waals surface area contributed by atoms with Gasteiger partial charge in [-0.3, -0.25) is 0 Å². The fraction of sp³-hybridized carbons (Fsp3) is 0.167. The number of anilines is 2. The van der Waals surface area contributed by atoms with E-state index >= 15 is 0 Å². The van der Waals surface area contributed by atoms with Crippen LogP contribution in [0, 0.1) is 5.82 Å². The minimum absolute atomic E-state index is 0.191. The van der Waals surface area contributed by atoms with E-state index in [4.69, 9.17) is 0 Å². The second-order valence-electron chi connectivity index (χ2n) is 3.83. The quantitative estimate of drug-likeness (QED) is 0.789. The Morgan fingerprint density at radius 3 is 2.69 bits per heavy atom. The molecular weight excluding hydrogens is 223 g/mol. The summed E-state index contributed by atoms with van der Waals surface area (Å²) < 4.78 is 12.8. The molecule has 1 aliphatic rings. The zero-order valence-electron chi connectivity index (χ0n) is 8.53. The molecule has 82 valence electrons. The number of fused-ring (bicyclic) bond motifs is 1. The topological polar surface area (TPSA) is 24.1 Å². The highest BCUT2D eigenvalue weighted by Crippen LogP contribution is 2.34. The molecule has 16 heavy (non-hydrogen) atoms. The fourth-order valence-corrected chi connectivity index (χ4v) is 2.64. The molecule has 0 saturated carbocycles. The van der Waals surface area contributed by atoms with E-state index in [9.17, 15) is 4.39 Å². The first-order valence-corrected chi connectivity index (χ1v) is 6.09. The Kier molecular flexibility index (Phi) is 2.29. The monoisotopic (exact) mass is 234 g/mol.